The molecule has 0 radical (unpaired) electrons. The van der Waals surface area contributed by atoms with Crippen LogP contribution in [0.1, 0.15) is 49.9 Å². The molecular weight excluding hydrogens is 464 g/mol. The number of thiazole rings is 1. The molecule has 9 nitrogen and oxygen atoms in total. The number of carbonyl (C=O) groups is 1. The van der Waals surface area contributed by atoms with Crippen LogP contribution in [-0.2, 0) is 10.0 Å². The molecular formula is C22H26N4O5S2. The van der Waals surface area contributed by atoms with Crippen molar-refractivity contribution in [3.8, 4) is 0 Å². The molecule has 0 aliphatic rings. The lowest BCUT2D eigenvalue weighted by molar-refractivity contribution is -0.385. The van der Waals surface area contributed by atoms with Crippen molar-refractivity contribution in [2.75, 3.05) is 18.4 Å². The highest BCUT2D eigenvalue weighted by Crippen LogP contribution is 2.30. The summed E-state index contributed by atoms with van der Waals surface area (Å²) in [5, 5.41) is 14.0. The van der Waals surface area contributed by atoms with E-state index >= 15 is 0 Å². The fourth-order valence-corrected chi connectivity index (χ4v) is 5.80. The van der Waals surface area contributed by atoms with E-state index in [2.05, 4.69) is 10.3 Å². The maximum absolute atomic E-state index is 13.2. The van der Waals surface area contributed by atoms with Crippen molar-refractivity contribution in [2.45, 2.75) is 44.4 Å². The summed E-state index contributed by atoms with van der Waals surface area (Å²) in [7, 11) is -3.66. The average Bonchev–Trinajstić information content (AvgIpc) is 3.20. The van der Waals surface area contributed by atoms with Crippen LogP contribution in [0.2, 0.25) is 0 Å². The van der Waals surface area contributed by atoms with E-state index < -0.39 is 20.9 Å². The van der Waals surface area contributed by atoms with E-state index in [1.165, 1.54) is 28.6 Å². The van der Waals surface area contributed by atoms with Gasteiger partial charge in [0.15, 0.2) is 5.13 Å². The molecule has 0 bridgehead atoms. The largest absolute Gasteiger partial charge is 0.298 e. The number of aromatic nitrogens is 1. The van der Waals surface area contributed by atoms with Crippen LogP contribution in [0.3, 0.4) is 0 Å². The van der Waals surface area contributed by atoms with Crippen molar-refractivity contribution in [2.24, 2.45) is 0 Å². The number of anilines is 1. The highest BCUT2D eigenvalue weighted by atomic mass is 32.2. The summed E-state index contributed by atoms with van der Waals surface area (Å²) in [4.78, 5) is 27.7. The first-order chi connectivity index (χ1) is 15.8. The summed E-state index contributed by atoms with van der Waals surface area (Å²) in [5.41, 5.74) is 0.154. The lowest BCUT2D eigenvalue weighted by Crippen LogP contribution is -2.33. The minimum Gasteiger partial charge on any atom is -0.298 e. The minimum atomic E-state index is -3.66. The number of hydrogen-bond donors (Lipinski definition) is 1. The maximum atomic E-state index is 13.2. The zero-order chi connectivity index (χ0) is 24.0. The molecule has 1 heterocycles. The van der Waals surface area contributed by atoms with E-state index in [9.17, 15) is 23.3 Å². The molecule has 0 atom stereocenters. The summed E-state index contributed by atoms with van der Waals surface area (Å²) in [6, 6.07) is 10.3. The number of nitro groups is 1. The van der Waals surface area contributed by atoms with Crippen LogP contribution in [0.4, 0.5) is 10.8 Å². The topological polar surface area (TPSA) is 123 Å². The lowest BCUT2D eigenvalue weighted by atomic mass is 10.1. The molecule has 11 heteroatoms. The second kappa shape index (κ2) is 10.8. The Morgan fingerprint density at radius 2 is 1.79 bits per heavy atom. The van der Waals surface area contributed by atoms with Crippen molar-refractivity contribution in [1.29, 1.82) is 0 Å². The van der Waals surface area contributed by atoms with Gasteiger partial charge in [0.25, 0.3) is 11.6 Å². The molecule has 2 aromatic carbocycles. The third kappa shape index (κ3) is 5.73. The number of carbonyl (C=O) groups excluding carboxylic acids is 1. The number of nitrogens with zero attached hydrogens (tertiary/aromatic N) is 3. The van der Waals surface area contributed by atoms with Gasteiger partial charge >= 0.3 is 0 Å². The van der Waals surface area contributed by atoms with Gasteiger partial charge < -0.3 is 0 Å². The summed E-state index contributed by atoms with van der Waals surface area (Å²) in [5.74, 6) is -0.653. The number of unbranched alkanes of at least 4 members (excludes halogenated alkanes) is 2. The van der Waals surface area contributed by atoms with Crippen LogP contribution < -0.4 is 5.32 Å². The van der Waals surface area contributed by atoms with Gasteiger partial charge in [-0.1, -0.05) is 50.2 Å². The Hall–Kier alpha value is -2.89. The summed E-state index contributed by atoms with van der Waals surface area (Å²) >= 11 is 1.12. The number of fused-ring (bicyclic) bond motifs is 1. The van der Waals surface area contributed by atoms with Gasteiger partial charge in [-0.05, 0) is 37.1 Å². The zero-order valence-electron chi connectivity index (χ0n) is 18.5. The van der Waals surface area contributed by atoms with Crippen molar-refractivity contribution < 1.29 is 18.1 Å². The molecule has 0 unspecified atom stereocenters. The van der Waals surface area contributed by atoms with Crippen molar-refractivity contribution in [1.82, 2.24) is 9.29 Å². The van der Waals surface area contributed by atoms with E-state index in [4.69, 9.17) is 0 Å². The first kappa shape index (κ1) is 24.7. The van der Waals surface area contributed by atoms with Gasteiger partial charge in [-0.3, -0.25) is 20.2 Å². The first-order valence-corrected chi connectivity index (χ1v) is 13.0. The Bertz CT molecular complexity index is 1250. The Balaban J connectivity index is 1.87. The predicted octanol–water partition coefficient (Wildman–Crippen LogP) is 5.05. The number of benzene rings is 2. The summed E-state index contributed by atoms with van der Waals surface area (Å²) in [6.45, 7) is 4.98. The second-order valence-electron chi connectivity index (χ2n) is 7.49. The predicted molar refractivity (Wildman–Crippen MR) is 129 cm³/mol. The number of nitrogens with one attached hydrogen (secondary N) is 1. The first-order valence-electron chi connectivity index (χ1n) is 10.7. The highest BCUT2D eigenvalue weighted by Gasteiger charge is 2.25. The highest BCUT2D eigenvalue weighted by molar-refractivity contribution is 7.89. The van der Waals surface area contributed by atoms with E-state index in [0.717, 1.165) is 37.0 Å². The molecule has 33 heavy (non-hydrogen) atoms. The van der Waals surface area contributed by atoms with Gasteiger partial charge in [-0.25, -0.2) is 13.4 Å². The van der Waals surface area contributed by atoms with Crippen LogP contribution in [-0.4, -0.2) is 41.6 Å². The Morgan fingerprint density at radius 1 is 1.12 bits per heavy atom. The van der Waals surface area contributed by atoms with E-state index in [1.54, 1.807) is 18.2 Å². The molecule has 0 fully saturated rings. The average molecular weight is 491 g/mol. The van der Waals surface area contributed by atoms with E-state index in [0.29, 0.717) is 23.3 Å². The second-order valence-corrected chi connectivity index (χ2v) is 10.5. The van der Waals surface area contributed by atoms with Gasteiger partial charge in [-0.2, -0.15) is 4.31 Å². The van der Waals surface area contributed by atoms with Crippen molar-refractivity contribution in [3.05, 3.63) is 58.1 Å². The smallest absolute Gasteiger partial charge is 0.282 e. The Morgan fingerprint density at radius 3 is 2.42 bits per heavy atom. The molecule has 1 N–H and O–H groups in total. The number of para-hydroxylation sites is 1. The van der Waals surface area contributed by atoms with Crippen LogP contribution in [0.5, 0.6) is 0 Å². The molecule has 176 valence electrons. The third-order valence-corrected chi connectivity index (χ3v) is 7.91. The molecule has 0 spiro atoms. The molecule has 0 saturated heterocycles. The number of rotatable bonds is 11. The van der Waals surface area contributed by atoms with E-state index in [1.807, 2.05) is 13.8 Å². The van der Waals surface area contributed by atoms with Gasteiger partial charge in [-0.15, -0.1) is 0 Å². The Labute approximate surface area is 196 Å². The molecule has 1 amide bonds. The number of hydrogen-bond acceptors (Lipinski definition) is 7. The lowest BCUT2D eigenvalue weighted by Gasteiger charge is -2.21. The SMILES string of the molecule is CCCCN(CCCC)S(=O)(=O)c1ccc2nc(NC(=O)c3ccccc3[N+](=O)[O-])sc2c1. The summed E-state index contributed by atoms with van der Waals surface area (Å²) in [6.07, 6.45) is 3.37. The van der Waals surface area contributed by atoms with Crippen LogP contribution in [0.15, 0.2) is 47.4 Å². The Kier molecular flexibility index (Phi) is 8.11. The van der Waals surface area contributed by atoms with Crippen molar-refractivity contribution >= 4 is 48.3 Å². The molecule has 1 aromatic heterocycles. The van der Waals surface area contributed by atoms with Crippen LogP contribution in [0.25, 0.3) is 10.2 Å². The monoisotopic (exact) mass is 490 g/mol. The van der Waals surface area contributed by atoms with Gasteiger partial charge in [0.1, 0.15) is 5.56 Å². The standard InChI is InChI=1S/C22H26N4O5S2/c1-3-5-13-25(14-6-4-2)33(30,31)16-11-12-18-20(15-16)32-22(23-18)24-21(27)17-9-7-8-10-19(17)26(28)29/h7-12,15H,3-6,13-14H2,1-2H3,(H,23,24,27). The minimum absolute atomic E-state index is 0.0764. The third-order valence-electron chi connectivity index (χ3n) is 5.09. The number of sulfonamides is 1. The van der Waals surface area contributed by atoms with Crippen molar-refractivity contribution in [3.63, 3.8) is 0 Å². The quantitative estimate of drug-likeness (QED) is 0.296. The molecule has 0 aliphatic carbocycles. The maximum Gasteiger partial charge on any atom is 0.282 e. The van der Waals surface area contributed by atoms with Gasteiger partial charge in [0.2, 0.25) is 10.0 Å². The molecule has 3 rings (SSSR count). The van der Waals surface area contributed by atoms with Gasteiger partial charge in [0.05, 0.1) is 20.0 Å². The van der Waals surface area contributed by atoms with Crippen LogP contribution >= 0.6 is 11.3 Å². The van der Waals surface area contributed by atoms with E-state index in [-0.39, 0.29) is 21.3 Å². The fraction of sp³-hybridized carbons (Fsp3) is 0.364. The fourth-order valence-electron chi connectivity index (χ4n) is 3.28. The van der Waals surface area contributed by atoms with Gasteiger partial charge in [0, 0.05) is 19.2 Å². The van der Waals surface area contributed by atoms with Crippen LogP contribution in [0, 0.1) is 10.1 Å². The zero-order valence-corrected chi connectivity index (χ0v) is 20.1. The molecule has 3 aromatic rings. The molecule has 0 saturated carbocycles. The summed E-state index contributed by atoms with van der Waals surface area (Å²) < 4.78 is 28.6. The molecule has 0 aliphatic heterocycles. The number of amides is 1. The number of nitro benzene ring substituents is 1. The normalized spacial score (nSPS) is 11.7.